The number of halogens is 1. The van der Waals surface area contributed by atoms with Gasteiger partial charge in [0.05, 0.1) is 40.6 Å². The molecule has 0 atom stereocenters. The molecule has 0 radical (unpaired) electrons. The molecule has 4 heterocycles. The molecule has 2 saturated heterocycles. The summed E-state index contributed by atoms with van der Waals surface area (Å²) in [5.41, 5.74) is 4.56. The molecule has 2 aromatic heterocycles. The predicted molar refractivity (Wildman–Crippen MR) is 190 cm³/mol. The van der Waals surface area contributed by atoms with Crippen molar-refractivity contribution >= 4 is 80.9 Å². The summed E-state index contributed by atoms with van der Waals surface area (Å²) < 4.78 is 11.9. The van der Waals surface area contributed by atoms with Crippen molar-refractivity contribution in [2.45, 2.75) is 38.6 Å². The molecule has 2 N–H and O–H groups in total. The Morgan fingerprint density at radius 3 is 2.57 bits per heavy atom. The van der Waals surface area contributed by atoms with E-state index in [0.29, 0.717) is 52.9 Å². The number of rotatable bonds is 9. The quantitative estimate of drug-likeness (QED) is 0.146. The van der Waals surface area contributed by atoms with Gasteiger partial charge >= 0.3 is 6.09 Å². The number of nitrogens with one attached hydrogen (secondary N) is 2. The maximum Gasteiger partial charge on any atom is 0.410 e. The number of hydrogen-bond acceptors (Lipinski definition) is 11. The van der Waals surface area contributed by atoms with Crippen LogP contribution in [-0.4, -0.2) is 89.4 Å². The minimum absolute atomic E-state index is 0.0643. The van der Waals surface area contributed by atoms with E-state index >= 15 is 0 Å². The number of amides is 1. The molecule has 12 nitrogen and oxygen atoms in total. The lowest BCUT2D eigenvalue weighted by molar-refractivity contribution is 0.0946. The van der Waals surface area contributed by atoms with E-state index in [2.05, 4.69) is 59.7 Å². The van der Waals surface area contributed by atoms with Gasteiger partial charge in [0.2, 0.25) is 5.95 Å². The fourth-order valence-corrected chi connectivity index (χ4v) is 7.68. The van der Waals surface area contributed by atoms with Crippen LogP contribution in [0.15, 0.2) is 47.3 Å². The van der Waals surface area contributed by atoms with Gasteiger partial charge in [-0.1, -0.05) is 7.92 Å². The van der Waals surface area contributed by atoms with Gasteiger partial charge in [0.1, 0.15) is 11.6 Å². The zero-order valence-corrected chi connectivity index (χ0v) is 29.4. The number of piperidine rings is 1. The van der Waals surface area contributed by atoms with Gasteiger partial charge in [0.15, 0.2) is 5.78 Å². The highest BCUT2D eigenvalue weighted by atomic mass is 79.9. The fourth-order valence-electron chi connectivity index (χ4n) is 6.19. The van der Waals surface area contributed by atoms with Crippen molar-refractivity contribution in [2.75, 3.05) is 62.2 Å². The Hall–Kier alpha value is -4.09. The number of fused-ring (bicyclic) bond motifs is 1. The third kappa shape index (κ3) is 7.11. The average molecular weight is 722 g/mol. The van der Waals surface area contributed by atoms with Crippen molar-refractivity contribution in [3.8, 4) is 5.75 Å². The largest absolute Gasteiger partial charge is 0.494 e. The van der Waals surface area contributed by atoms with Crippen molar-refractivity contribution in [1.82, 2.24) is 24.8 Å². The predicted octanol–water partition coefficient (Wildman–Crippen LogP) is 6.45. The topological polar surface area (TPSA) is 135 Å². The highest BCUT2D eigenvalue weighted by Crippen LogP contribution is 2.38. The molecule has 246 valence electrons. The number of aromatic nitrogens is 4. The molecule has 4 aromatic rings. The van der Waals surface area contributed by atoms with Gasteiger partial charge in [0, 0.05) is 66.9 Å². The minimum Gasteiger partial charge on any atom is -0.494 e. The van der Waals surface area contributed by atoms with Crippen LogP contribution < -0.4 is 25.6 Å². The van der Waals surface area contributed by atoms with Crippen LogP contribution in [0.4, 0.5) is 33.6 Å². The van der Waals surface area contributed by atoms with Crippen LogP contribution in [0, 0.1) is 0 Å². The number of Topliss-reactive ketones (excluding diaryl/α,β-unsaturated/α-hetero) is 1. The molecule has 14 heteroatoms. The van der Waals surface area contributed by atoms with E-state index in [4.69, 9.17) is 14.5 Å². The van der Waals surface area contributed by atoms with E-state index in [1.165, 1.54) is 0 Å². The Morgan fingerprint density at radius 1 is 1.04 bits per heavy atom. The van der Waals surface area contributed by atoms with Gasteiger partial charge in [0.25, 0.3) is 0 Å². The molecule has 0 aliphatic carbocycles. The van der Waals surface area contributed by atoms with Crippen LogP contribution in [-0.2, 0) is 4.74 Å². The summed E-state index contributed by atoms with van der Waals surface area (Å²) in [5.74, 6) is 1.40. The van der Waals surface area contributed by atoms with E-state index in [-0.39, 0.29) is 17.9 Å². The smallest absolute Gasteiger partial charge is 0.410 e. The summed E-state index contributed by atoms with van der Waals surface area (Å²) in [5, 5.41) is 7.85. The van der Waals surface area contributed by atoms with E-state index in [0.717, 1.165) is 59.9 Å². The maximum atomic E-state index is 13.0. The zero-order chi connectivity index (χ0) is 33.1. The number of cyclic esters (lactones) is 1. The lowest BCUT2D eigenvalue weighted by Crippen LogP contribution is -2.47. The first kappa shape index (κ1) is 32.8. The molecule has 2 aliphatic heterocycles. The first-order valence-corrected chi connectivity index (χ1v) is 18.7. The molecule has 47 heavy (non-hydrogen) atoms. The number of hydrogen-bond donors (Lipinski definition) is 2. The Balaban J connectivity index is 1.24. The van der Waals surface area contributed by atoms with Crippen LogP contribution >= 0.6 is 23.9 Å². The van der Waals surface area contributed by atoms with E-state index in [1.54, 1.807) is 38.7 Å². The highest BCUT2D eigenvalue weighted by molar-refractivity contribution is 9.10. The zero-order valence-electron chi connectivity index (χ0n) is 26.9. The number of anilines is 5. The summed E-state index contributed by atoms with van der Waals surface area (Å²) in [4.78, 5) is 47.9. The first-order chi connectivity index (χ1) is 22.7. The number of nitrogens with zero attached hydrogens (tertiary/aromatic N) is 6. The van der Waals surface area contributed by atoms with Gasteiger partial charge in [-0.25, -0.2) is 9.78 Å². The lowest BCUT2D eigenvalue weighted by Gasteiger charge is -2.39. The SMILES string of the molecule is COc1cc(N2CCC(N3CCCCOC3=O)CC2)c(C(C)=O)cc1Nc1ncc(Br)c(Nc2ccc3nccnc3c2P(C)C)n1. The molecule has 6 rings (SSSR count). The average Bonchev–Trinajstić information content (AvgIpc) is 3.29. The second kappa shape index (κ2) is 14.4. The summed E-state index contributed by atoms with van der Waals surface area (Å²) in [6.45, 7) is 8.55. The maximum absolute atomic E-state index is 13.0. The summed E-state index contributed by atoms with van der Waals surface area (Å²) in [6, 6.07) is 7.76. The molecule has 2 fully saturated rings. The third-order valence-corrected chi connectivity index (χ3v) is 10.4. The van der Waals surface area contributed by atoms with Crippen LogP contribution in [0.5, 0.6) is 5.75 Å². The Morgan fingerprint density at radius 2 is 1.83 bits per heavy atom. The van der Waals surface area contributed by atoms with Crippen LogP contribution in [0.1, 0.15) is 43.0 Å². The summed E-state index contributed by atoms with van der Waals surface area (Å²) >= 11 is 3.59. The van der Waals surface area contributed by atoms with E-state index in [1.807, 2.05) is 23.1 Å². The summed E-state index contributed by atoms with van der Waals surface area (Å²) in [7, 11) is 1.08. The molecule has 0 spiro atoms. The van der Waals surface area contributed by atoms with E-state index < -0.39 is 7.92 Å². The monoisotopic (exact) mass is 720 g/mol. The van der Waals surface area contributed by atoms with Gasteiger partial charge in [-0.15, -0.1) is 0 Å². The Kier molecular flexibility index (Phi) is 10.0. The molecular formula is C33H38BrN8O4P. The molecular weight excluding hydrogens is 683 g/mol. The minimum atomic E-state index is -0.519. The van der Waals surface area contributed by atoms with Crippen molar-refractivity contribution in [1.29, 1.82) is 0 Å². The molecule has 2 aliphatic rings. The van der Waals surface area contributed by atoms with Gasteiger partial charge < -0.3 is 29.9 Å². The van der Waals surface area contributed by atoms with E-state index in [9.17, 15) is 9.59 Å². The second-order valence-electron chi connectivity index (χ2n) is 11.8. The normalized spacial score (nSPS) is 15.8. The second-order valence-corrected chi connectivity index (χ2v) is 14.9. The Labute approximate surface area is 283 Å². The molecule has 0 saturated carbocycles. The van der Waals surface area contributed by atoms with Crippen LogP contribution in [0.2, 0.25) is 0 Å². The van der Waals surface area contributed by atoms with Gasteiger partial charge in [-0.3, -0.25) is 14.8 Å². The van der Waals surface area contributed by atoms with Crippen LogP contribution in [0.3, 0.4) is 0 Å². The summed E-state index contributed by atoms with van der Waals surface area (Å²) in [6.07, 6.45) is 8.29. The third-order valence-electron chi connectivity index (χ3n) is 8.50. The van der Waals surface area contributed by atoms with Crippen LogP contribution in [0.25, 0.3) is 11.0 Å². The number of ether oxygens (including phenoxy) is 2. The molecule has 1 amide bonds. The standard InChI is InChI=1S/C33H38BrN8O4P/c1-20(43)22-17-26(28(45-2)18-27(22)41-14-9-21(10-15-41)42-13-5-6-16-46-33(42)44)39-32-37-19-23(34)31(40-32)38-25-8-7-24-29(30(25)47(3)4)36-12-11-35-24/h7-8,11-12,17-19,21H,5-6,9-10,13-16H2,1-4H3,(H2,37,38,39,40). The highest BCUT2D eigenvalue weighted by Gasteiger charge is 2.31. The molecule has 0 unspecified atom stereocenters. The fraction of sp³-hybridized carbons (Fsp3) is 0.394. The Bertz CT molecular complexity index is 1800. The lowest BCUT2D eigenvalue weighted by atomic mass is 9.99. The first-order valence-electron chi connectivity index (χ1n) is 15.6. The number of benzene rings is 2. The molecule has 0 bridgehead atoms. The van der Waals surface area contributed by atoms with Crippen molar-refractivity contribution < 1.29 is 19.1 Å². The number of ketones is 1. The van der Waals surface area contributed by atoms with Gasteiger partial charge in [-0.05, 0) is 80.1 Å². The number of methoxy groups -OCH3 is 1. The molecule has 2 aromatic carbocycles. The van der Waals surface area contributed by atoms with Crippen molar-refractivity contribution in [3.05, 3.63) is 52.9 Å². The number of carbonyl (C=O) groups excluding carboxylic acids is 2. The van der Waals surface area contributed by atoms with Crippen molar-refractivity contribution in [2.24, 2.45) is 0 Å². The van der Waals surface area contributed by atoms with Crippen molar-refractivity contribution in [3.63, 3.8) is 0 Å². The number of carbonyl (C=O) groups is 2. The van der Waals surface area contributed by atoms with Gasteiger partial charge in [-0.2, -0.15) is 4.98 Å².